The van der Waals surface area contributed by atoms with Gasteiger partial charge in [0, 0.05) is 19.7 Å². The van der Waals surface area contributed by atoms with Gasteiger partial charge in [0.05, 0.1) is 12.3 Å². The molecule has 130 valence electrons. The predicted molar refractivity (Wildman–Crippen MR) is 85.9 cm³/mol. The van der Waals surface area contributed by atoms with Crippen LogP contribution in [0.1, 0.15) is 0 Å². The molecule has 0 radical (unpaired) electrons. The Balaban J connectivity index is 1.51. The van der Waals surface area contributed by atoms with Crippen molar-refractivity contribution in [2.24, 2.45) is 7.05 Å². The van der Waals surface area contributed by atoms with Crippen molar-refractivity contribution in [3.8, 4) is 5.82 Å². The highest BCUT2D eigenvalue weighted by Crippen LogP contribution is 2.11. The number of hydrogen-bond donors (Lipinski definition) is 1. The summed E-state index contributed by atoms with van der Waals surface area (Å²) in [6.45, 7) is 0.507. The quantitative estimate of drug-likeness (QED) is 0.485. The molecule has 0 atom stereocenters. The highest BCUT2D eigenvalue weighted by molar-refractivity contribution is 7.99. The van der Waals surface area contributed by atoms with Crippen molar-refractivity contribution in [2.75, 3.05) is 12.3 Å². The molecule has 1 amide bonds. The summed E-state index contributed by atoms with van der Waals surface area (Å²) in [4.78, 5) is 27.5. The van der Waals surface area contributed by atoms with Crippen LogP contribution in [0.5, 0.6) is 0 Å². The molecule has 13 heteroatoms. The number of thioether (sulfide) groups is 1. The average Bonchev–Trinajstić information content (AvgIpc) is 3.26. The van der Waals surface area contributed by atoms with Crippen molar-refractivity contribution in [1.29, 1.82) is 0 Å². The van der Waals surface area contributed by atoms with E-state index in [4.69, 9.17) is 0 Å². The lowest BCUT2D eigenvalue weighted by atomic mass is 10.5. The number of carbonyl (C=O) groups is 1. The number of nitrogens with zero attached hydrogens (tertiary/aromatic N) is 9. The Kier molecular flexibility index (Phi) is 5.13. The number of rotatable bonds is 7. The van der Waals surface area contributed by atoms with Gasteiger partial charge in [-0.2, -0.15) is 5.10 Å². The normalized spacial score (nSPS) is 10.8. The number of amides is 1. The summed E-state index contributed by atoms with van der Waals surface area (Å²) in [6, 6.07) is 2.94. The Morgan fingerprint density at radius 2 is 2.24 bits per heavy atom. The first-order chi connectivity index (χ1) is 12.1. The van der Waals surface area contributed by atoms with E-state index < -0.39 is 0 Å². The van der Waals surface area contributed by atoms with Crippen molar-refractivity contribution in [1.82, 2.24) is 50.1 Å². The van der Waals surface area contributed by atoms with E-state index in [0.717, 1.165) is 0 Å². The number of nitrogens with one attached hydrogen (secondary N) is 1. The molecular weight excluding hydrogens is 348 g/mol. The van der Waals surface area contributed by atoms with Crippen LogP contribution < -0.4 is 10.9 Å². The lowest BCUT2D eigenvalue weighted by Gasteiger charge is -2.08. The lowest BCUT2D eigenvalue weighted by Crippen LogP contribution is -2.33. The van der Waals surface area contributed by atoms with Crippen molar-refractivity contribution < 1.29 is 4.79 Å². The fourth-order valence-corrected chi connectivity index (χ4v) is 2.55. The highest BCUT2D eigenvalue weighted by Gasteiger charge is 2.08. The van der Waals surface area contributed by atoms with Crippen molar-refractivity contribution in [3.63, 3.8) is 0 Å². The zero-order valence-corrected chi connectivity index (χ0v) is 14.0. The molecule has 0 saturated carbocycles. The number of carbonyl (C=O) groups excluding carboxylic acids is 1. The molecule has 0 unspecified atom stereocenters. The van der Waals surface area contributed by atoms with Crippen LogP contribution in [0.3, 0.4) is 0 Å². The van der Waals surface area contributed by atoms with Crippen LogP contribution in [0.2, 0.25) is 0 Å². The van der Waals surface area contributed by atoms with Crippen LogP contribution in [-0.4, -0.2) is 63.0 Å². The van der Waals surface area contributed by atoms with Gasteiger partial charge in [-0.1, -0.05) is 11.8 Å². The van der Waals surface area contributed by atoms with E-state index in [-0.39, 0.29) is 30.3 Å². The summed E-state index contributed by atoms with van der Waals surface area (Å²) in [5.41, 5.74) is -0.266. The maximum absolute atomic E-state index is 11.8. The van der Waals surface area contributed by atoms with Gasteiger partial charge in [-0.05, 0) is 16.5 Å². The van der Waals surface area contributed by atoms with E-state index in [1.54, 1.807) is 13.1 Å². The summed E-state index contributed by atoms with van der Waals surface area (Å²) in [5, 5.41) is 22.4. The molecule has 3 aromatic rings. The average molecular weight is 362 g/mol. The molecule has 1 N–H and O–H groups in total. The molecule has 0 aliphatic carbocycles. The minimum atomic E-state index is -0.266. The standard InChI is InChI=1S/C12H14N10O2S/c1-20-12(16-18-19-20)25-6-10(23)14-4-5-21-11(24)3-2-9(17-21)22-8-13-7-15-22/h2-3,7-8H,4-6H2,1H3,(H,14,23). The van der Waals surface area contributed by atoms with Crippen molar-refractivity contribution in [2.45, 2.75) is 11.7 Å². The van der Waals surface area contributed by atoms with Crippen LogP contribution in [0.4, 0.5) is 0 Å². The third kappa shape index (κ3) is 4.26. The first kappa shape index (κ1) is 16.8. The Morgan fingerprint density at radius 1 is 1.36 bits per heavy atom. The van der Waals surface area contributed by atoms with Gasteiger partial charge in [0.25, 0.3) is 5.56 Å². The van der Waals surface area contributed by atoms with E-state index in [2.05, 4.69) is 36.0 Å². The highest BCUT2D eigenvalue weighted by atomic mass is 32.2. The molecular formula is C12H14N10O2S. The molecule has 12 nitrogen and oxygen atoms in total. The largest absolute Gasteiger partial charge is 0.354 e. The molecule has 0 aromatic carbocycles. The van der Waals surface area contributed by atoms with Gasteiger partial charge in [0.15, 0.2) is 5.82 Å². The Bertz CT molecular complexity index is 903. The van der Waals surface area contributed by atoms with Crippen LogP contribution in [-0.2, 0) is 18.4 Å². The smallest absolute Gasteiger partial charge is 0.266 e. The first-order valence-electron chi connectivity index (χ1n) is 7.18. The second-order valence-electron chi connectivity index (χ2n) is 4.82. The third-order valence-corrected chi connectivity index (χ3v) is 4.08. The fraction of sp³-hybridized carbons (Fsp3) is 0.333. The number of tetrazole rings is 1. The second kappa shape index (κ2) is 7.65. The number of aryl methyl sites for hydroxylation is 1. The Morgan fingerprint density at radius 3 is 2.96 bits per heavy atom. The van der Waals surface area contributed by atoms with Gasteiger partial charge in [0.2, 0.25) is 11.1 Å². The van der Waals surface area contributed by atoms with Crippen LogP contribution in [0.15, 0.2) is 34.7 Å². The van der Waals surface area contributed by atoms with Crippen LogP contribution >= 0.6 is 11.8 Å². The van der Waals surface area contributed by atoms with Crippen molar-refractivity contribution >= 4 is 17.7 Å². The van der Waals surface area contributed by atoms with Gasteiger partial charge < -0.3 is 5.32 Å². The summed E-state index contributed by atoms with van der Waals surface area (Å²) < 4.78 is 4.19. The monoisotopic (exact) mass is 362 g/mol. The summed E-state index contributed by atoms with van der Waals surface area (Å²) >= 11 is 1.22. The first-order valence-corrected chi connectivity index (χ1v) is 8.17. The van der Waals surface area contributed by atoms with Gasteiger partial charge >= 0.3 is 0 Å². The predicted octanol–water partition coefficient (Wildman–Crippen LogP) is -1.74. The summed E-state index contributed by atoms with van der Waals surface area (Å²) in [5.74, 6) is 0.456. The molecule has 0 aliphatic rings. The van der Waals surface area contributed by atoms with E-state index in [1.165, 1.54) is 44.5 Å². The molecule has 0 saturated heterocycles. The molecule has 3 aromatic heterocycles. The Labute approximate surface area is 145 Å². The Hall–Kier alpha value is -3.09. The molecule has 0 bridgehead atoms. The van der Waals surface area contributed by atoms with Gasteiger partial charge in [-0.25, -0.2) is 19.0 Å². The maximum atomic E-state index is 11.8. The maximum Gasteiger partial charge on any atom is 0.266 e. The van der Waals surface area contributed by atoms with Gasteiger partial charge in [-0.3, -0.25) is 9.59 Å². The molecule has 3 heterocycles. The molecule has 25 heavy (non-hydrogen) atoms. The summed E-state index contributed by atoms with van der Waals surface area (Å²) in [7, 11) is 1.69. The second-order valence-corrected chi connectivity index (χ2v) is 5.76. The van der Waals surface area contributed by atoms with E-state index in [1.807, 2.05) is 0 Å². The molecule has 0 aliphatic heterocycles. The van der Waals surface area contributed by atoms with Crippen molar-refractivity contribution in [3.05, 3.63) is 35.1 Å². The zero-order valence-electron chi connectivity index (χ0n) is 13.2. The SMILES string of the molecule is Cn1nnnc1SCC(=O)NCCn1nc(-n2cncn2)ccc1=O. The molecule has 0 spiro atoms. The minimum absolute atomic E-state index is 0.176. The van der Waals surface area contributed by atoms with Gasteiger partial charge in [-0.15, -0.1) is 10.2 Å². The molecule has 0 fully saturated rings. The topological polar surface area (TPSA) is 138 Å². The van der Waals surface area contributed by atoms with Crippen LogP contribution in [0.25, 0.3) is 5.82 Å². The third-order valence-electron chi connectivity index (χ3n) is 3.07. The van der Waals surface area contributed by atoms with Gasteiger partial charge in [0.1, 0.15) is 12.7 Å². The zero-order chi connectivity index (χ0) is 17.6. The molecule has 3 rings (SSSR count). The summed E-state index contributed by atoms with van der Waals surface area (Å²) in [6.07, 6.45) is 2.86. The van der Waals surface area contributed by atoms with E-state index in [0.29, 0.717) is 11.0 Å². The number of aromatic nitrogens is 9. The van der Waals surface area contributed by atoms with Crippen LogP contribution in [0, 0.1) is 0 Å². The fourth-order valence-electron chi connectivity index (χ4n) is 1.87. The number of hydrogen-bond acceptors (Lipinski definition) is 9. The minimum Gasteiger partial charge on any atom is -0.354 e. The lowest BCUT2D eigenvalue weighted by molar-refractivity contribution is -0.118. The van der Waals surface area contributed by atoms with E-state index >= 15 is 0 Å². The van der Waals surface area contributed by atoms with E-state index in [9.17, 15) is 9.59 Å².